The molecule has 2 amide bonds. The topological polar surface area (TPSA) is 61.4 Å². The Hall–Kier alpha value is -2.04. The van der Waals surface area contributed by atoms with Gasteiger partial charge in [-0.3, -0.25) is 9.59 Å². The number of carbonyl (C=O) groups excluding carboxylic acids is 2. The molecule has 0 radical (unpaired) electrons. The van der Waals surface area contributed by atoms with Crippen molar-refractivity contribution in [3.8, 4) is 0 Å². The third-order valence-electron chi connectivity index (χ3n) is 4.22. The molecule has 1 saturated heterocycles. The van der Waals surface area contributed by atoms with Gasteiger partial charge >= 0.3 is 0 Å². The molecule has 0 spiro atoms. The highest BCUT2D eigenvalue weighted by atomic mass is 16.2. The Morgan fingerprint density at radius 1 is 1.04 bits per heavy atom. The van der Waals surface area contributed by atoms with Gasteiger partial charge in [0.1, 0.15) is 0 Å². The second-order valence-electron chi connectivity index (χ2n) is 7.40. The molecule has 5 nitrogen and oxygen atoms in total. The van der Waals surface area contributed by atoms with E-state index in [0.717, 1.165) is 24.5 Å². The molecule has 24 heavy (non-hydrogen) atoms. The summed E-state index contributed by atoms with van der Waals surface area (Å²) in [6, 6.07) is 7.89. The molecule has 1 aliphatic heterocycles. The van der Waals surface area contributed by atoms with E-state index in [1.54, 1.807) is 0 Å². The van der Waals surface area contributed by atoms with E-state index in [4.69, 9.17) is 0 Å². The number of hydrogen-bond donors (Lipinski definition) is 2. The quantitative estimate of drug-likeness (QED) is 0.891. The lowest BCUT2D eigenvalue weighted by atomic mass is 9.96. The molecule has 2 N–H and O–H groups in total. The summed E-state index contributed by atoms with van der Waals surface area (Å²) in [6.45, 7) is 7.52. The summed E-state index contributed by atoms with van der Waals surface area (Å²) in [7, 11) is 0. The lowest BCUT2D eigenvalue weighted by Gasteiger charge is -2.25. The van der Waals surface area contributed by atoms with Crippen molar-refractivity contribution in [2.75, 3.05) is 29.9 Å². The van der Waals surface area contributed by atoms with Gasteiger partial charge < -0.3 is 15.5 Å². The fraction of sp³-hybridized carbons (Fsp3) is 0.579. The van der Waals surface area contributed by atoms with Crippen LogP contribution in [0.3, 0.4) is 0 Å². The molecule has 5 heteroatoms. The highest BCUT2D eigenvalue weighted by Gasteiger charge is 2.21. The van der Waals surface area contributed by atoms with Crippen molar-refractivity contribution in [1.29, 1.82) is 0 Å². The monoisotopic (exact) mass is 331 g/mol. The summed E-state index contributed by atoms with van der Waals surface area (Å²) in [5, 5.41) is 5.63. The van der Waals surface area contributed by atoms with Gasteiger partial charge in [-0.2, -0.15) is 0 Å². The van der Waals surface area contributed by atoms with Crippen LogP contribution in [0.4, 0.5) is 11.4 Å². The second-order valence-corrected chi connectivity index (χ2v) is 7.40. The zero-order chi connectivity index (χ0) is 17.6. The number of nitrogens with one attached hydrogen (secondary N) is 2. The normalized spacial score (nSPS) is 15.5. The van der Waals surface area contributed by atoms with Crippen molar-refractivity contribution in [3.05, 3.63) is 24.3 Å². The Morgan fingerprint density at radius 2 is 1.67 bits per heavy atom. The van der Waals surface area contributed by atoms with Gasteiger partial charge in [0.2, 0.25) is 11.8 Å². The third kappa shape index (κ3) is 5.25. The van der Waals surface area contributed by atoms with Gasteiger partial charge in [0, 0.05) is 18.5 Å². The van der Waals surface area contributed by atoms with E-state index in [-0.39, 0.29) is 18.4 Å². The maximum Gasteiger partial charge on any atom is 0.243 e. The highest BCUT2D eigenvalue weighted by Crippen LogP contribution is 2.27. The molecule has 0 saturated carbocycles. The second kappa shape index (κ2) is 8.18. The zero-order valence-corrected chi connectivity index (χ0v) is 15.0. The third-order valence-corrected chi connectivity index (χ3v) is 4.22. The van der Waals surface area contributed by atoms with Gasteiger partial charge in [-0.05, 0) is 25.0 Å². The Labute approximate surface area is 144 Å². The summed E-state index contributed by atoms with van der Waals surface area (Å²) < 4.78 is 0. The molecule has 0 unspecified atom stereocenters. The Balaban J connectivity index is 1.99. The van der Waals surface area contributed by atoms with Gasteiger partial charge in [-0.25, -0.2) is 0 Å². The van der Waals surface area contributed by atoms with Gasteiger partial charge in [0.25, 0.3) is 0 Å². The molecule has 1 fully saturated rings. The van der Waals surface area contributed by atoms with Crippen molar-refractivity contribution >= 4 is 23.2 Å². The van der Waals surface area contributed by atoms with E-state index in [0.29, 0.717) is 0 Å². The summed E-state index contributed by atoms with van der Waals surface area (Å²) in [4.78, 5) is 26.4. The molecule has 2 rings (SSSR count). The van der Waals surface area contributed by atoms with E-state index in [1.807, 2.05) is 39.0 Å². The first kappa shape index (κ1) is 18.3. The summed E-state index contributed by atoms with van der Waals surface area (Å²) >= 11 is 0. The van der Waals surface area contributed by atoms with E-state index in [9.17, 15) is 9.59 Å². The molecule has 0 aliphatic carbocycles. The van der Waals surface area contributed by atoms with Crippen molar-refractivity contribution in [2.45, 2.75) is 46.5 Å². The molecule has 1 aromatic carbocycles. The minimum atomic E-state index is -0.496. The van der Waals surface area contributed by atoms with E-state index in [1.165, 1.54) is 25.7 Å². The number of nitrogens with zero attached hydrogens (tertiary/aromatic N) is 1. The molecule has 132 valence electrons. The molecular formula is C19H29N3O2. The SMILES string of the molecule is CC(C)(C)C(=O)NCC(=O)Nc1ccccc1N1CCCCCC1. The van der Waals surface area contributed by atoms with Gasteiger partial charge in [-0.1, -0.05) is 45.7 Å². The van der Waals surface area contributed by atoms with Crippen molar-refractivity contribution in [3.63, 3.8) is 0 Å². The Morgan fingerprint density at radius 3 is 2.29 bits per heavy atom. The number of carbonyl (C=O) groups is 2. The van der Waals surface area contributed by atoms with Crippen LogP contribution in [0, 0.1) is 5.41 Å². The summed E-state index contributed by atoms with van der Waals surface area (Å²) in [6.07, 6.45) is 4.90. The lowest BCUT2D eigenvalue weighted by molar-refractivity contribution is -0.130. The highest BCUT2D eigenvalue weighted by molar-refractivity contribution is 5.97. The Kier molecular flexibility index (Phi) is 6.23. The molecule has 1 heterocycles. The molecule has 1 aromatic rings. The van der Waals surface area contributed by atoms with Crippen LogP contribution in [0.25, 0.3) is 0 Å². The van der Waals surface area contributed by atoms with Crippen LogP contribution in [0.5, 0.6) is 0 Å². The number of hydrogen-bond acceptors (Lipinski definition) is 3. The minimum absolute atomic E-state index is 0.00949. The number of para-hydroxylation sites is 2. The van der Waals surface area contributed by atoms with E-state index in [2.05, 4.69) is 21.6 Å². The Bertz CT molecular complexity index is 570. The van der Waals surface area contributed by atoms with Crippen molar-refractivity contribution < 1.29 is 9.59 Å². The molecule has 0 atom stereocenters. The van der Waals surface area contributed by atoms with Crippen LogP contribution < -0.4 is 15.5 Å². The first-order chi connectivity index (χ1) is 11.4. The van der Waals surface area contributed by atoms with Gasteiger partial charge in [-0.15, -0.1) is 0 Å². The van der Waals surface area contributed by atoms with Crippen LogP contribution in [0.15, 0.2) is 24.3 Å². The number of anilines is 2. The lowest BCUT2D eigenvalue weighted by Crippen LogP contribution is -2.39. The molecule has 0 aromatic heterocycles. The predicted molar refractivity (Wildman–Crippen MR) is 98.2 cm³/mol. The van der Waals surface area contributed by atoms with Gasteiger partial charge in [0.05, 0.1) is 17.9 Å². The first-order valence-corrected chi connectivity index (χ1v) is 8.80. The van der Waals surface area contributed by atoms with Crippen molar-refractivity contribution in [2.24, 2.45) is 5.41 Å². The standard InChI is InChI=1S/C19H29N3O2/c1-19(2,3)18(24)20-14-17(23)21-15-10-6-7-11-16(15)22-12-8-4-5-9-13-22/h6-7,10-11H,4-5,8-9,12-14H2,1-3H3,(H,20,24)(H,21,23). The van der Waals surface area contributed by atoms with Crippen LogP contribution in [0.1, 0.15) is 46.5 Å². The molecule has 1 aliphatic rings. The average molecular weight is 331 g/mol. The van der Waals surface area contributed by atoms with Crippen LogP contribution in [-0.2, 0) is 9.59 Å². The maximum atomic E-state index is 12.2. The minimum Gasteiger partial charge on any atom is -0.370 e. The first-order valence-electron chi connectivity index (χ1n) is 8.80. The summed E-state index contributed by atoms with van der Waals surface area (Å²) in [5.74, 6) is -0.326. The fourth-order valence-corrected chi connectivity index (χ4v) is 2.79. The molecule has 0 bridgehead atoms. The van der Waals surface area contributed by atoms with E-state index >= 15 is 0 Å². The predicted octanol–water partition coefficient (Wildman–Crippen LogP) is 3.17. The van der Waals surface area contributed by atoms with E-state index < -0.39 is 5.41 Å². The largest absolute Gasteiger partial charge is 0.370 e. The zero-order valence-electron chi connectivity index (χ0n) is 15.0. The average Bonchev–Trinajstić information content (AvgIpc) is 2.81. The smallest absolute Gasteiger partial charge is 0.243 e. The number of amides is 2. The van der Waals surface area contributed by atoms with Crippen LogP contribution in [0.2, 0.25) is 0 Å². The fourth-order valence-electron chi connectivity index (χ4n) is 2.79. The molecular weight excluding hydrogens is 302 g/mol. The van der Waals surface area contributed by atoms with Gasteiger partial charge in [0.15, 0.2) is 0 Å². The van der Waals surface area contributed by atoms with Crippen molar-refractivity contribution in [1.82, 2.24) is 5.32 Å². The number of benzene rings is 1. The summed E-state index contributed by atoms with van der Waals surface area (Å²) in [5.41, 5.74) is 1.38. The maximum absolute atomic E-state index is 12.2. The number of rotatable bonds is 4. The van der Waals surface area contributed by atoms with Crippen LogP contribution >= 0.6 is 0 Å². The van der Waals surface area contributed by atoms with Crippen LogP contribution in [-0.4, -0.2) is 31.4 Å².